The van der Waals surface area contributed by atoms with E-state index >= 15 is 0 Å². The minimum absolute atomic E-state index is 0.100. The number of pyridine rings is 1. The molecule has 94 valence electrons. The summed E-state index contributed by atoms with van der Waals surface area (Å²) >= 11 is 12.2. The molecule has 0 bridgehead atoms. The summed E-state index contributed by atoms with van der Waals surface area (Å²) in [6.45, 7) is 3.62. The predicted molar refractivity (Wildman–Crippen MR) is 68.3 cm³/mol. The molecule has 1 aromatic heterocycles. The lowest BCUT2D eigenvalue weighted by Crippen LogP contribution is -2.45. The zero-order chi connectivity index (χ0) is 12.3. The Hall–Kier alpha value is -0.390. The number of hydrogen-bond donors (Lipinski definition) is 1. The number of nitrogens with two attached hydrogens (primary N) is 1. The molecule has 1 aliphatic rings. The lowest BCUT2D eigenvalue weighted by molar-refractivity contribution is -0.0260. The molecule has 1 atom stereocenters. The third-order valence-electron chi connectivity index (χ3n) is 2.82. The fraction of sp³-hybridized carbons (Fsp3) is 0.545. The van der Waals surface area contributed by atoms with Crippen LogP contribution in [-0.2, 0) is 11.3 Å². The van der Waals surface area contributed by atoms with E-state index in [2.05, 4.69) is 9.88 Å². The van der Waals surface area contributed by atoms with Gasteiger partial charge in [-0.05, 0) is 0 Å². The summed E-state index contributed by atoms with van der Waals surface area (Å²) in [5, 5.41) is 1.21. The van der Waals surface area contributed by atoms with Crippen LogP contribution >= 0.6 is 23.2 Å². The maximum absolute atomic E-state index is 6.09. The highest BCUT2D eigenvalue weighted by atomic mass is 35.5. The fourth-order valence-electron chi connectivity index (χ4n) is 1.88. The van der Waals surface area contributed by atoms with Crippen molar-refractivity contribution in [2.75, 3.05) is 26.2 Å². The van der Waals surface area contributed by atoms with Crippen molar-refractivity contribution in [3.8, 4) is 0 Å². The molecule has 1 aliphatic heterocycles. The van der Waals surface area contributed by atoms with Gasteiger partial charge in [0.1, 0.15) is 0 Å². The molecule has 1 fully saturated rings. The van der Waals surface area contributed by atoms with E-state index in [1.54, 1.807) is 12.4 Å². The lowest BCUT2D eigenvalue weighted by atomic mass is 10.2. The molecule has 0 radical (unpaired) electrons. The average Bonchev–Trinajstić information content (AvgIpc) is 2.34. The van der Waals surface area contributed by atoms with Gasteiger partial charge < -0.3 is 10.5 Å². The number of morpholine rings is 1. The minimum Gasteiger partial charge on any atom is -0.374 e. The van der Waals surface area contributed by atoms with E-state index < -0.39 is 0 Å². The monoisotopic (exact) mass is 275 g/mol. The van der Waals surface area contributed by atoms with Crippen molar-refractivity contribution in [3.05, 3.63) is 28.0 Å². The molecule has 1 saturated heterocycles. The van der Waals surface area contributed by atoms with E-state index in [0.29, 0.717) is 29.7 Å². The van der Waals surface area contributed by atoms with E-state index in [9.17, 15) is 0 Å². The maximum Gasteiger partial charge on any atom is 0.0824 e. The van der Waals surface area contributed by atoms with Crippen LogP contribution in [0.1, 0.15) is 5.56 Å². The normalized spacial score (nSPS) is 21.7. The van der Waals surface area contributed by atoms with Gasteiger partial charge in [0.05, 0.1) is 22.8 Å². The summed E-state index contributed by atoms with van der Waals surface area (Å²) in [7, 11) is 0. The van der Waals surface area contributed by atoms with Crippen molar-refractivity contribution < 1.29 is 4.74 Å². The third-order valence-corrected chi connectivity index (χ3v) is 3.47. The topological polar surface area (TPSA) is 51.4 Å². The molecular formula is C11H15Cl2N3O. The van der Waals surface area contributed by atoms with Gasteiger partial charge in [0.25, 0.3) is 0 Å². The van der Waals surface area contributed by atoms with Crippen LogP contribution in [0.5, 0.6) is 0 Å². The van der Waals surface area contributed by atoms with Gasteiger partial charge in [0.15, 0.2) is 0 Å². The zero-order valence-electron chi connectivity index (χ0n) is 9.40. The van der Waals surface area contributed by atoms with Crippen LogP contribution < -0.4 is 5.73 Å². The number of aromatic nitrogens is 1. The molecule has 17 heavy (non-hydrogen) atoms. The number of hydrogen-bond acceptors (Lipinski definition) is 4. The van der Waals surface area contributed by atoms with Crippen LogP contribution in [0.2, 0.25) is 10.0 Å². The molecule has 6 heteroatoms. The molecule has 0 spiro atoms. The molecule has 2 rings (SSSR count). The molecule has 0 unspecified atom stereocenters. The van der Waals surface area contributed by atoms with Gasteiger partial charge in [-0.2, -0.15) is 0 Å². The summed E-state index contributed by atoms with van der Waals surface area (Å²) in [5.41, 5.74) is 6.52. The molecule has 0 aromatic carbocycles. The number of halogens is 2. The van der Waals surface area contributed by atoms with Crippen LogP contribution in [0.25, 0.3) is 0 Å². The van der Waals surface area contributed by atoms with E-state index in [1.807, 2.05) is 0 Å². The number of nitrogens with zero attached hydrogens (tertiary/aromatic N) is 2. The van der Waals surface area contributed by atoms with Crippen molar-refractivity contribution in [2.24, 2.45) is 5.73 Å². The van der Waals surface area contributed by atoms with Gasteiger partial charge in [-0.25, -0.2) is 0 Å². The Morgan fingerprint density at radius 2 is 2.12 bits per heavy atom. The molecule has 0 amide bonds. The van der Waals surface area contributed by atoms with Crippen LogP contribution in [-0.4, -0.2) is 42.2 Å². The van der Waals surface area contributed by atoms with Crippen LogP contribution in [0.3, 0.4) is 0 Å². The second kappa shape index (κ2) is 5.98. The van der Waals surface area contributed by atoms with Gasteiger partial charge >= 0.3 is 0 Å². The largest absolute Gasteiger partial charge is 0.374 e. The summed E-state index contributed by atoms with van der Waals surface area (Å²) in [5.74, 6) is 0. The summed E-state index contributed by atoms with van der Waals surface area (Å²) in [6.07, 6.45) is 3.33. The lowest BCUT2D eigenvalue weighted by Gasteiger charge is -2.32. The van der Waals surface area contributed by atoms with Crippen molar-refractivity contribution in [3.63, 3.8) is 0 Å². The van der Waals surface area contributed by atoms with Crippen molar-refractivity contribution >= 4 is 23.2 Å². The minimum atomic E-state index is 0.100. The molecule has 0 saturated carbocycles. The number of ether oxygens (including phenoxy) is 1. The Morgan fingerprint density at radius 3 is 2.76 bits per heavy atom. The van der Waals surface area contributed by atoms with Crippen molar-refractivity contribution in [2.45, 2.75) is 12.6 Å². The first-order chi connectivity index (χ1) is 8.20. The first kappa shape index (κ1) is 13.1. The van der Waals surface area contributed by atoms with Gasteiger partial charge in [-0.1, -0.05) is 23.2 Å². The van der Waals surface area contributed by atoms with Gasteiger partial charge in [0, 0.05) is 44.1 Å². The first-order valence-corrected chi connectivity index (χ1v) is 6.28. The summed E-state index contributed by atoms with van der Waals surface area (Å²) < 4.78 is 5.51. The highest BCUT2D eigenvalue weighted by Crippen LogP contribution is 2.25. The van der Waals surface area contributed by atoms with Gasteiger partial charge in [0.2, 0.25) is 0 Å². The Bertz CT molecular complexity index is 369. The molecule has 1 aromatic rings. The summed E-state index contributed by atoms with van der Waals surface area (Å²) in [6, 6.07) is 0. The molecule has 0 aliphatic carbocycles. The van der Waals surface area contributed by atoms with Crippen LogP contribution in [0.4, 0.5) is 0 Å². The summed E-state index contributed by atoms with van der Waals surface area (Å²) in [4.78, 5) is 6.19. The molecule has 4 nitrogen and oxygen atoms in total. The zero-order valence-corrected chi connectivity index (χ0v) is 10.9. The highest BCUT2D eigenvalue weighted by Gasteiger charge is 2.20. The first-order valence-electron chi connectivity index (χ1n) is 5.52. The van der Waals surface area contributed by atoms with E-state index in [1.165, 1.54) is 0 Å². The van der Waals surface area contributed by atoms with Crippen molar-refractivity contribution in [1.29, 1.82) is 0 Å². The van der Waals surface area contributed by atoms with Gasteiger partial charge in [-0.3, -0.25) is 9.88 Å². The van der Waals surface area contributed by atoms with E-state index in [-0.39, 0.29) is 6.10 Å². The average molecular weight is 276 g/mol. The van der Waals surface area contributed by atoms with Gasteiger partial charge in [-0.15, -0.1) is 0 Å². The van der Waals surface area contributed by atoms with Crippen LogP contribution in [0.15, 0.2) is 12.4 Å². The Kier molecular flexibility index (Phi) is 4.59. The third kappa shape index (κ3) is 3.30. The molecule has 2 heterocycles. The Labute approximate surface area is 111 Å². The highest BCUT2D eigenvalue weighted by molar-refractivity contribution is 6.35. The second-order valence-electron chi connectivity index (χ2n) is 4.05. The standard InChI is InChI=1S/C11H15Cl2N3O/c12-10-4-15-5-11(13)9(10)7-16-1-2-17-8(3-14)6-16/h4-5,8H,1-3,6-7,14H2/t8-/m0/s1. The Balaban J connectivity index is 2.05. The smallest absolute Gasteiger partial charge is 0.0824 e. The molecular weight excluding hydrogens is 261 g/mol. The number of rotatable bonds is 3. The predicted octanol–water partition coefficient (Wildman–Crippen LogP) is 1.55. The Morgan fingerprint density at radius 1 is 1.41 bits per heavy atom. The van der Waals surface area contributed by atoms with Crippen LogP contribution in [0, 0.1) is 0 Å². The fourth-order valence-corrected chi connectivity index (χ4v) is 2.36. The maximum atomic E-state index is 6.09. The van der Waals surface area contributed by atoms with E-state index in [0.717, 1.165) is 18.7 Å². The van der Waals surface area contributed by atoms with E-state index in [4.69, 9.17) is 33.7 Å². The SMILES string of the molecule is NC[C@H]1CN(Cc2c(Cl)cncc2Cl)CCO1. The quantitative estimate of drug-likeness (QED) is 0.910. The molecule has 2 N–H and O–H groups in total. The second-order valence-corrected chi connectivity index (χ2v) is 4.86. The van der Waals surface area contributed by atoms with Crippen molar-refractivity contribution in [1.82, 2.24) is 9.88 Å².